The first-order valence-electron chi connectivity index (χ1n) is 9.16. The van der Waals surface area contributed by atoms with Gasteiger partial charge in [-0.2, -0.15) is 0 Å². The van der Waals surface area contributed by atoms with Gasteiger partial charge in [-0.1, -0.05) is 18.6 Å². The SMILES string of the molecule is Cc1ccc2ccc(C(=O)Nc3sc4c(c3C(N)=O)CCCCC4)cc2n1. The van der Waals surface area contributed by atoms with Crippen molar-refractivity contribution in [1.29, 1.82) is 0 Å². The number of nitrogens with zero attached hydrogens (tertiary/aromatic N) is 1. The van der Waals surface area contributed by atoms with Crippen LogP contribution in [0.2, 0.25) is 0 Å². The van der Waals surface area contributed by atoms with Crippen molar-refractivity contribution in [2.45, 2.75) is 39.0 Å². The number of rotatable bonds is 3. The summed E-state index contributed by atoms with van der Waals surface area (Å²) in [5.74, 6) is -0.723. The number of thiophene rings is 1. The molecule has 1 aromatic carbocycles. The molecule has 2 heterocycles. The molecular weight excluding hydrogens is 358 g/mol. The smallest absolute Gasteiger partial charge is 0.256 e. The predicted octanol–water partition coefficient (Wildman–Crippen LogP) is 4.22. The summed E-state index contributed by atoms with van der Waals surface area (Å²) in [7, 11) is 0. The summed E-state index contributed by atoms with van der Waals surface area (Å²) < 4.78 is 0. The molecule has 0 atom stereocenters. The molecule has 0 unspecified atom stereocenters. The zero-order valence-corrected chi connectivity index (χ0v) is 16.0. The first-order valence-corrected chi connectivity index (χ1v) is 9.97. The number of nitrogens with one attached hydrogen (secondary N) is 1. The molecule has 0 saturated carbocycles. The normalized spacial score (nSPS) is 13.8. The van der Waals surface area contributed by atoms with Crippen molar-refractivity contribution in [2.75, 3.05) is 5.32 Å². The van der Waals surface area contributed by atoms with Crippen LogP contribution in [0.5, 0.6) is 0 Å². The second-order valence-corrected chi connectivity index (χ2v) is 8.05. The highest BCUT2D eigenvalue weighted by Gasteiger charge is 2.24. The van der Waals surface area contributed by atoms with Gasteiger partial charge in [0.2, 0.25) is 0 Å². The van der Waals surface area contributed by atoms with E-state index >= 15 is 0 Å². The van der Waals surface area contributed by atoms with Crippen molar-refractivity contribution >= 4 is 39.1 Å². The van der Waals surface area contributed by atoms with Crippen LogP contribution in [0.15, 0.2) is 30.3 Å². The Morgan fingerprint density at radius 1 is 1.11 bits per heavy atom. The molecule has 138 valence electrons. The molecule has 2 aromatic heterocycles. The number of carbonyl (C=O) groups is 2. The van der Waals surface area contributed by atoms with Crippen molar-refractivity contribution in [3.8, 4) is 0 Å². The molecule has 3 aromatic rings. The van der Waals surface area contributed by atoms with E-state index in [4.69, 9.17) is 5.73 Å². The molecule has 0 aliphatic heterocycles. The number of pyridine rings is 1. The summed E-state index contributed by atoms with van der Waals surface area (Å²) >= 11 is 1.48. The fraction of sp³-hybridized carbons (Fsp3) is 0.286. The summed E-state index contributed by atoms with van der Waals surface area (Å²) in [5, 5.41) is 4.47. The number of nitrogens with two attached hydrogens (primary N) is 1. The summed E-state index contributed by atoms with van der Waals surface area (Å²) in [6.45, 7) is 1.92. The number of primary amides is 1. The zero-order valence-electron chi connectivity index (χ0n) is 15.2. The van der Waals surface area contributed by atoms with E-state index in [0.717, 1.165) is 54.3 Å². The minimum absolute atomic E-state index is 0.251. The van der Waals surface area contributed by atoms with Crippen molar-refractivity contribution in [3.05, 3.63) is 57.6 Å². The first kappa shape index (κ1) is 17.7. The van der Waals surface area contributed by atoms with E-state index in [1.54, 1.807) is 12.1 Å². The Kier molecular flexibility index (Phi) is 4.66. The van der Waals surface area contributed by atoms with Crippen LogP contribution in [0.1, 0.15) is 56.1 Å². The maximum Gasteiger partial charge on any atom is 0.256 e. The Hall–Kier alpha value is -2.73. The van der Waals surface area contributed by atoms with Gasteiger partial charge in [0.1, 0.15) is 5.00 Å². The molecule has 0 radical (unpaired) electrons. The summed E-state index contributed by atoms with van der Waals surface area (Å²) in [5.41, 5.74) is 9.35. The number of amides is 2. The number of carbonyl (C=O) groups excluding carboxylic acids is 2. The lowest BCUT2D eigenvalue weighted by atomic mass is 10.0. The quantitative estimate of drug-likeness (QED) is 0.668. The minimum atomic E-state index is -0.472. The first-order chi connectivity index (χ1) is 13.0. The molecule has 3 N–H and O–H groups in total. The highest BCUT2D eigenvalue weighted by molar-refractivity contribution is 7.17. The third-order valence-corrected chi connectivity index (χ3v) is 6.20. The van der Waals surface area contributed by atoms with E-state index in [1.807, 2.05) is 25.1 Å². The third-order valence-electron chi connectivity index (χ3n) is 4.99. The number of hydrogen-bond donors (Lipinski definition) is 2. The van der Waals surface area contributed by atoms with Crippen LogP contribution in [-0.2, 0) is 12.8 Å². The molecule has 0 saturated heterocycles. The predicted molar refractivity (Wildman–Crippen MR) is 109 cm³/mol. The van der Waals surface area contributed by atoms with Gasteiger partial charge in [0.15, 0.2) is 0 Å². The van der Waals surface area contributed by atoms with Crippen molar-refractivity contribution in [1.82, 2.24) is 4.98 Å². The molecule has 5 nitrogen and oxygen atoms in total. The largest absolute Gasteiger partial charge is 0.365 e. The molecular formula is C21H21N3O2S. The van der Waals surface area contributed by atoms with Gasteiger partial charge in [0.25, 0.3) is 11.8 Å². The Morgan fingerprint density at radius 2 is 1.89 bits per heavy atom. The molecule has 1 aliphatic rings. The van der Waals surface area contributed by atoms with E-state index in [2.05, 4.69) is 10.3 Å². The summed E-state index contributed by atoms with van der Waals surface area (Å²) in [4.78, 5) is 30.5. The van der Waals surface area contributed by atoms with E-state index in [0.29, 0.717) is 16.1 Å². The number of fused-ring (bicyclic) bond motifs is 2. The van der Waals surface area contributed by atoms with Crippen LogP contribution in [0, 0.1) is 6.92 Å². The lowest BCUT2D eigenvalue weighted by Gasteiger charge is -2.07. The highest BCUT2D eigenvalue weighted by Crippen LogP contribution is 2.37. The van der Waals surface area contributed by atoms with Crippen LogP contribution in [0.25, 0.3) is 10.9 Å². The van der Waals surface area contributed by atoms with Crippen molar-refractivity contribution < 1.29 is 9.59 Å². The monoisotopic (exact) mass is 379 g/mol. The van der Waals surface area contributed by atoms with Crippen LogP contribution in [0.4, 0.5) is 5.00 Å². The van der Waals surface area contributed by atoms with Gasteiger partial charge in [0, 0.05) is 21.5 Å². The maximum atomic E-state index is 12.8. The molecule has 4 rings (SSSR count). The number of benzene rings is 1. The van der Waals surface area contributed by atoms with Crippen LogP contribution in [0.3, 0.4) is 0 Å². The summed E-state index contributed by atoms with van der Waals surface area (Å²) in [6, 6.07) is 9.37. The third kappa shape index (κ3) is 3.45. The summed E-state index contributed by atoms with van der Waals surface area (Å²) in [6.07, 6.45) is 5.10. The van der Waals surface area contributed by atoms with Crippen LogP contribution < -0.4 is 11.1 Å². The fourth-order valence-electron chi connectivity index (χ4n) is 3.63. The maximum absolute atomic E-state index is 12.8. The van der Waals surface area contributed by atoms with E-state index in [1.165, 1.54) is 16.2 Å². The molecule has 0 fully saturated rings. The van der Waals surface area contributed by atoms with Gasteiger partial charge >= 0.3 is 0 Å². The Balaban J connectivity index is 1.67. The highest BCUT2D eigenvalue weighted by atomic mass is 32.1. The van der Waals surface area contributed by atoms with E-state index in [-0.39, 0.29) is 5.91 Å². The Bertz CT molecular complexity index is 1060. The van der Waals surface area contributed by atoms with Gasteiger partial charge in [-0.05, 0) is 56.4 Å². The van der Waals surface area contributed by atoms with Gasteiger partial charge in [-0.15, -0.1) is 11.3 Å². The second-order valence-electron chi connectivity index (χ2n) is 6.95. The average molecular weight is 379 g/mol. The Morgan fingerprint density at radius 3 is 2.70 bits per heavy atom. The topological polar surface area (TPSA) is 85.1 Å². The standard InChI is InChI=1S/C21H21N3O2S/c1-12-7-8-13-9-10-14(11-16(13)23-12)20(26)24-21-18(19(22)25)15-5-3-2-4-6-17(15)27-21/h7-11H,2-6H2,1H3,(H2,22,25)(H,24,26). The van der Waals surface area contributed by atoms with Crippen molar-refractivity contribution in [2.24, 2.45) is 5.73 Å². The number of aryl methyl sites for hydroxylation is 2. The number of anilines is 1. The Labute approximate surface area is 161 Å². The van der Waals surface area contributed by atoms with Gasteiger partial charge < -0.3 is 11.1 Å². The molecule has 0 bridgehead atoms. The fourth-order valence-corrected chi connectivity index (χ4v) is 4.92. The zero-order chi connectivity index (χ0) is 19.0. The van der Waals surface area contributed by atoms with Crippen molar-refractivity contribution in [3.63, 3.8) is 0 Å². The molecule has 1 aliphatic carbocycles. The number of hydrogen-bond acceptors (Lipinski definition) is 4. The molecule has 0 spiro atoms. The lowest BCUT2D eigenvalue weighted by Crippen LogP contribution is -2.18. The minimum Gasteiger partial charge on any atom is -0.365 e. The second kappa shape index (κ2) is 7.12. The molecule has 6 heteroatoms. The van der Waals surface area contributed by atoms with Crippen LogP contribution >= 0.6 is 11.3 Å². The molecule has 27 heavy (non-hydrogen) atoms. The van der Waals surface area contributed by atoms with Gasteiger partial charge in [0.05, 0.1) is 11.1 Å². The number of aromatic nitrogens is 1. The van der Waals surface area contributed by atoms with Crippen LogP contribution in [-0.4, -0.2) is 16.8 Å². The lowest BCUT2D eigenvalue weighted by molar-refractivity contribution is 0.100. The van der Waals surface area contributed by atoms with E-state index in [9.17, 15) is 9.59 Å². The van der Waals surface area contributed by atoms with Gasteiger partial charge in [-0.25, -0.2) is 0 Å². The molecule has 2 amide bonds. The average Bonchev–Trinajstić information content (AvgIpc) is 2.82. The van der Waals surface area contributed by atoms with E-state index < -0.39 is 5.91 Å². The van der Waals surface area contributed by atoms with Gasteiger partial charge in [-0.3, -0.25) is 14.6 Å².